The van der Waals surface area contributed by atoms with Gasteiger partial charge in [0.25, 0.3) is 0 Å². The molecule has 0 aliphatic rings. The van der Waals surface area contributed by atoms with Gasteiger partial charge in [-0.15, -0.1) is 0 Å². The Hall–Kier alpha value is 0.354. The van der Waals surface area contributed by atoms with Crippen molar-refractivity contribution in [3.05, 3.63) is 24.3 Å². The summed E-state index contributed by atoms with van der Waals surface area (Å²) in [6.45, 7) is 14.5. The molecule has 0 atom stereocenters. The van der Waals surface area contributed by atoms with Gasteiger partial charge in [0.2, 0.25) is 0 Å². The SMILES string of the molecule is C[Si](C)(C)Sc1ccccc1S[Si](C)(C)C. The van der Waals surface area contributed by atoms with Crippen LogP contribution >= 0.6 is 22.4 Å². The lowest BCUT2D eigenvalue weighted by Gasteiger charge is -2.21. The van der Waals surface area contributed by atoms with Crippen LogP contribution < -0.4 is 0 Å². The summed E-state index contributed by atoms with van der Waals surface area (Å²) in [4.78, 5) is 2.99. The van der Waals surface area contributed by atoms with Crippen molar-refractivity contribution in [1.82, 2.24) is 0 Å². The van der Waals surface area contributed by atoms with Crippen LogP contribution in [-0.2, 0) is 0 Å². The molecule has 0 radical (unpaired) electrons. The van der Waals surface area contributed by atoms with Crippen LogP contribution in [0.1, 0.15) is 0 Å². The molecule has 0 aromatic heterocycles. The standard InChI is InChI=1S/C12H22S2Si2/c1-15(2,3)13-11-9-7-8-10-12(11)14-16(4,5)6/h7-10H,1-6H3. The van der Waals surface area contributed by atoms with Gasteiger partial charge in [0, 0.05) is 9.79 Å². The van der Waals surface area contributed by atoms with Gasteiger partial charge in [0.1, 0.15) is 14.4 Å². The Morgan fingerprint density at radius 2 is 1.00 bits per heavy atom. The first-order valence-corrected chi connectivity index (χ1v) is 15.7. The number of benzene rings is 1. The van der Waals surface area contributed by atoms with Crippen molar-refractivity contribution in [2.45, 2.75) is 49.1 Å². The van der Waals surface area contributed by atoms with Gasteiger partial charge in [-0.25, -0.2) is 0 Å². The zero-order chi connectivity index (χ0) is 12.4. The molecule has 1 rings (SSSR count). The zero-order valence-corrected chi connectivity index (χ0v) is 14.8. The molecule has 0 saturated carbocycles. The fraction of sp³-hybridized carbons (Fsp3) is 0.500. The molecule has 0 spiro atoms. The fourth-order valence-electron chi connectivity index (χ4n) is 1.28. The minimum absolute atomic E-state index is 1.09. The molecule has 0 saturated heterocycles. The Morgan fingerprint density at radius 1 is 0.688 bits per heavy atom. The van der Waals surface area contributed by atoms with Gasteiger partial charge in [0.15, 0.2) is 0 Å². The third kappa shape index (κ3) is 5.61. The minimum atomic E-state index is -1.09. The lowest BCUT2D eigenvalue weighted by atomic mass is 10.4. The van der Waals surface area contributed by atoms with Gasteiger partial charge in [-0.2, -0.15) is 22.4 Å². The predicted octanol–water partition coefficient (Wildman–Crippen LogP) is 5.54. The third-order valence-corrected chi connectivity index (χ3v) is 9.18. The summed E-state index contributed by atoms with van der Waals surface area (Å²) in [6.07, 6.45) is 0. The maximum absolute atomic E-state index is 2.41. The molecule has 0 aliphatic heterocycles. The van der Waals surface area contributed by atoms with E-state index < -0.39 is 14.4 Å². The average molecular weight is 287 g/mol. The topological polar surface area (TPSA) is 0 Å². The first kappa shape index (κ1) is 14.4. The second-order valence-corrected chi connectivity index (χ2v) is 24.2. The largest absolute Gasteiger partial charge is 0.151 e. The molecule has 0 fully saturated rings. The van der Waals surface area contributed by atoms with Crippen LogP contribution in [0.5, 0.6) is 0 Å². The average Bonchev–Trinajstić information content (AvgIpc) is 2.03. The molecule has 0 heterocycles. The predicted molar refractivity (Wildman–Crippen MR) is 84.8 cm³/mol. The highest BCUT2D eigenvalue weighted by Crippen LogP contribution is 2.39. The number of hydrogen-bond acceptors (Lipinski definition) is 2. The molecular weight excluding hydrogens is 264 g/mol. The van der Waals surface area contributed by atoms with Crippen molar-refractivity contribution < 1.29 is 0 Å². The summed E-state index contributed by atoms with van der Waals surface area (Å²) in [5, 5.41) is 0. The normalized spacial score (nSPS) is 12.9. The van der Waals surface area contributed by atoms with Crippen molar-refractivity contribution in [3.8, 4) is 0 Å². The number of rotatable bonds is 4. The Bertz CT molecular complexity index is 316. The Kier molecular flexibility index (Phi) is 4.81. The molecule has 90 valence electrons. The summed E-state index contributed by atoms with van der Waals surface area (Å²) in [7, 11) is -2.17. The Labute approximate surface area is 110 Å². The zero-order valence-electron chi connectivity index (χ0n) is 11.1. The highest BCUT2D eigenvalue weighted by molar-refractivity contribution is 8.31. The van der Waals surface area contributed by atoms with Crippen LogP contribution in [0.4, 0.5) is 0 Å². The van der Waals surface area contributed by atoms with E-state index in [1.165, 1.54) is 9.79 Å². The van der Waals surface area contributed by atoms with E-state index >= 15 is 0 Å². The maximum atomic E-state index is 2.41. The highest BCUT2D eigenvalue weighted by atomic mass is 32.4. The molecular formula is C12H22S2Si2. The minimum Gasteiger partial charge on any atom is -0.151 e. The van der Waals surface area contributed by atoms with E-state index in [0.29, 0.717) is 0 Å². The first-order chi connectivity index (χ1) is 7.17. The lowest BCUT2D eigenvalue weighted by Crippen LogP contribution is -2.16. The van der Waals surface area contributed by atoms with Gasteiger partial charge in [0.05, 0.1) is 0 Å². The lowest BCUT2D eigenvalue weighted by molar-refractivity contribution is 1.26. The van der Waals surface area contributed by atoms with Crippen molar-refractivity contribution >= 4 is 36.9 Å². The molecule has 16 heavy (non-hydrogen) atoms. The summed E-state index contributed by atoms with van der Waals surface area (Å²) in [5.41, 5.74) is 0. The van der Waals surface area contributed by atoms with E-state index in [2.05, 4.69) is 86.0 Å². The monoisotopic (exact) mass is 286 g/mol. The molecule has 1 aromatic rings. The third-order valence-electron chi connectivity index (χ3n) is 1.68. The molecule has 0 unspecified atom stereocenters. The van der Waals surface area contributed by atoms with Crippen molar-refractivity contribution in [3.63, 3.8) is 0 Å². The van der Waals surface area contributed by atoms with Crippen LogP contribution in [0.25, 0.3) is 0 Å². The molecule has 0 nitrogen and oxygen atoms in total. The fourth-order valence-corrected chi connectivity index (χ4v) is 8.95. The molecule has 0 aliphatic carbocycles. The quantitative estimate of drug-likeness (QED) is 0.666. The van der Waals surface area contributed by atoms with E-state index in [1.54, 1.807) is 0 Å². The van der Waals surface area contributed by atoms with Gasteiger partial charge >= 0.3 is 0 Å². The van der Waals surface area contributed by atoms with E-state index in [4.69, 9.17) is 0 Å². The van der Waals surface area contributed by atoms with E-state index in [0.717, 1.165) is 0 Å². The van der Waals surface area contributed by atoms with Crippen LogP contribution in [0.15, 0.2) is 34.1 Å². The number of hydrogen-bond donors (Lipinski definition) is 0. The van der Waals surface area contributed by atoms with Crippen LogP contribution in [-0.4, -0.2) is 14.4 Å². The van der Waals surface area contributed by atoms with E-state index in [9.17, 15) is 0 Å². The second-order valence-electron chi connectivity index (χ2n) is 5.88. The molecule has 4 heteroatoms. The Balaban J connectivity index is 2.92. The molecule has 0 N–H and O–H groups in total. The molecule has 0 bridgehead atoms. The Morgan fingerprint density at radius 3 is 1.25 bits per heavy atom. The summed E-state index contributed by atoms with van der Waals surface area (Å²) in [6, 6.07) is 8.89. The van der Waals surface area contributed by atoms with E-state index in [-0.39, 0.29) is 0 Å². The van der Waals surface area contributed by atoms with Crippen LogP contribution in [0.2, 0.25) is 39.3 Å². The first-order valence-electron chi connectivity index (χ1n) is 5.64. The smallest absolute Gasteiger partial charge is 0.114 e. The van der Waals surface area contributed by atoms with Gasteiger partial charge in [-0.3, -0.25) is 0 Å². The highest BCUT2D eigenvalue weighted by Gasteiger charge is 2.20. The second kappa shape index (κ2) is 5.33. The van der Waals surface area contributed by atoms with Crippen LogP contribution in [0, 0.1) is 0 Å². The van der Waals surface area contributed by atoms with Crippen molar-refractivity contribution in [2.75, 3.05) is 0 Å². The van der Waals surface area contributed by atoms with Crippen molar-refractivity contribution in [1.29, 1.82) is 0 Å². The summed E-state index contributed by atoms with van der Waals surface area (Å²) in [5.74, 6) is 0. The van der Waals surface area contributed by atoms with Crippen molar-refractivity contribution in [2.24, 2.45) is 0 Å². The van der Waals surface area contributed by atoms with E-state index in [1.807, 2.05) is 0 Å². The van der Waals surface area contributed by atoms with Gasteiger partial charge in [-0.05, 0) is 12.1 Å². The van der Waals surface area contributed by atoms with Crippen LogP contribution in [0.3, 0.4) is 0 Å². The van der Waals surface area contributed by atoms with Gasteiger partial charge in [-0.1, -0.05) is 51.4 Å². The molecule has 1 aromatic carbocycles. The summed E-state index contributed by atoms with van der Waals surface area (Å²) >= 11 is 4.22. The van der Waals surface area contributed by atoms with Gasteiger partial charge < -0.3 is 0 Å². The summed E-state index contributed by atoms with van der Waals surface area (Å²) < 4.78 is 0. The maximum Gasteiger partial charge on any atom is 0.114 e. The molecule has 0 amide bonds.